The van der Waals surface area contributed by atoms with E-state index in [0.29, 0.717) is 19.6 Å². The third-order valence-electron chi connectivity index (χ3n) is 3.93. The smallest absolute Gasteiger partial charge is 0.237 e. The highest BCUT2D eigenvalue weighted by Crippen LogP contribution is 2.17. The molecule has 2 heterocycles. The molecular weight excluding hydrogens is 284 g/mol. The maximum Gasteiger partial charge on any atom is 0.237 e. The van der Waals surface area contributed by atoms with Crippen LogP contribution in [-0.4, -0.2) is 53.1 Å². The van der Waals surface area contributed by atoms with Crippen molar-refractivity contribution in [3.63, 3.8) is 0 Å². The molecule has 0 aromatic carbocycles. The fourth-order valence-corrected chi connectivity index (χ4v) is 3.37. The molecule has 1 aliphatic rings. The summed E-state index contributed by atoms with van der Waals surface area (Å²) in [5.41, 5.74) is 0. The number of hydrogen-bond donors (Lipinski definition) is 1. The first-order valence-corrected chi connectivity index (χ1v) is 8.29. The molecule has 1 saturated heterocycles. The van der Waals surface area contributed by atoms with E-state index in [1.165, 1.54) is 4.88 Å². The summed E-state index contributed by atoms with van der Waals surface area (Å²) < 4.78 is 0. The molecule has 21 heavy (non-hydrogen) atoms. The van der Waals surface area contributed by atoms with Crippen LogP contribution in [-0.2, 0) is 11.3 Å². The van der Waals surface area contributed by atoms with Crippen molar-refractivity contribution in [2.45, 2.75) is 26.0 Å². The quantitative estimate of drug-likeness (QED) is 0.817. The zero-order chi connectivity index (χ0) is 15.2. The van der Waals surface area contributed by atoms with E-state index in [1.807, 2.05) is 29.3 Å². The van der Waals surface area contributed by atoms with Gasteiger partial charge in [0, 0.05) is 24.5 Å². The van der Waals surface area contributed by atoms with E-state index < -0.39 is 0 Å². The van der Waals surface area contributed by atoms with Gasteiger partial charge in [-0.05, 0) is 23.8 Å². The van der Waals surface area contributed by atoms with Gasteiger partial charge in [0.25, 0.3) is 0 Å². The molecular formula is C16H24N2O2S. The first-order valence-electron chi connectivity index (χ1n) is 7.41. The molecule has 1 N–H and O–H groups in total. The molecule has 2 rings (SSSR count). The fraction of sp³-hybridized carbons (Fsp3) is 0.562. The van der Waals surface area contributed by atoms with Gasteiger partial charge in [0.05, 0.1) is 19.2 Å². The van der Waals surface area contributed by atoms with Gasteiger partial charge in [0.15, 0.2) is 0 Å². The Hall–Kier alpha value is -1.17. The predicted molar refractivity (Wildman–Crippen MR) is 86.2 cm³/mol. The van der Waals surface area contributed by atoms with Crippen molar-refractivity contribution in [2.24, 2.45) is 5.92 Å². The summed E-state index contributed by atoms with van der Waals surface area (Å²) in [6.07, 6.45) is 2.29. The van der Waals surface area contributed by atoms with Gasteiger partial charge < -0.3 is 10.0 Å². The second-order valence-electron chi connectivity index (χ2n) is 5.71. The monoisotopic (exact) mass is 308 g/mol. The lowest BCUT2D eigenvalue weighted by Gasteiger charge is -2.35. The van der Waals surface area contributed by atoms with E-state index in [2.05, 4.69) is 11.5 Å². The van der Waals surface area contributed by atoms with Gasteiger partial charge >= 0.3 is 0 Å². The largest absolute Gasteiger partial charge is 0.393 e. The molecule has 2 unspecified atom stereocenters. The van der Waals surface area contributed by atoms with E-state index in [1.54, 1.807) is 17.4 Å². The lowest BCUT2D eigenvalue weighted by atomic mass is 9.97. The maximum atomic E-state index is 12.5. The van der Waals surface area contributed by atoms with E-state index in [0.717, 1.165) is 19.5 Å². The maximum absolute atomic E-state index is 12.5. The molecule has 0 saturated carbocycles. The van der Waals surface area contributed by atoms with Crippen molar-refractivity contribution >= 4 is 17.2 Å². The molecule has 0 radical (unpaired) electrons. The van der Waals surface area contributed by atoms with Crippen LogP contribution < -0.4 is 0 Å². The molecule has 1 amide bonds. The van der Waals surface area contributed by atoms with E-state index in [4.69, 9.17) is 0 Å². The van der Waals surface area contributed by atoms with Crippen molar-refractivity contribution in [3.05, 3.63) is 35.0 Å². The highest BCUT2D eigenvalue weighted by atomic mass is 32.1. The molecule has 0 bridgehead atoms. The Morgan fingerprint density at radius 3 is 3.10 bits per heavy atom. The summed E-state index contributed by atoms with van der Waals surface area (Å²) in [5, 5.41) is 11.8. The molecule has 2 atom stereocenters. The van der Waals surface area contributed by atoms with Crippen LogP contribution >= 0.6 is 11.3 Å². The second kappa shape index (κ2) is 7.73. The molecule has 1 fully saturated rings. The topological polar surface area (TPSA) is 43.8 Å². The number of hydrogen-bond acceptors (Lipinski definition) is 4. The summed E-state index contributed by atoms with van der Waals surface area (Å²) in [6.45, 7) is 9.00. The Balaban J connectivity index is 1.90. The van der Waals surface area contributed by atoms with Gasteiger partial charge in [0.1, 0.15) is 0 Å². The molecule has 1 aliphatic heterocycles. The Bertz CT molecular complexity index is 461. The van der Waals surface area contributed by atoms with Crippen LogP contribution in [0.2, 0.25) is 0 Å². The van der Waals surface area contributed by atoms with Crippen LogP contribution in [0.15, 0.2) is 30.2 Å². The van der Waals surface area contributed by atoms with Crippen LogP contribution in [0, 0.1) is 5.92 Å². The fourth-order valence-electron chi connectivity index (χ4n) is 2.66. The van der Waals surface area contributed by atoms with Crippen LogP contribution in [0.3, 0.4) is 0 Å². The van der Waals surface area contributed by atoms with Gasteiger partial charge in [-0.15, -0.1) is 17.9 Å². The number of nitrogens with zero attached hydrogens (tertiary/aromatic N) is 2. The van der Waals surface area contributed by atoms with Crippen LogP contribution in [0.4, 0.5) is 0 Å². The second-order valence-corrected chi connectivity index (χ2v) is 6.74. The number of rotatable bonds is 6. The Morgan fingerprint density at radius 1 is 1.67 bits per heavy atom. The summed E-state index contributed by atoms with van der Waals surface area (Å²) in [6, 6.07) is 4.05. The van der Waals surface area contributed by atoms with E-state index in [9.17, 15) is 9.90 Å². The van der Waals surface area contributed by atoms with Crippen molar-refractivity contribution in [1.29, 1.82) is 0 Å². The number of carbonyl (C=O) groups excluding carboxylic acids is 1. The molecule has 1 aromatic heterocycles. The van der Waals surface area contributed by atoms with Crippen LogP contribution in [0.25, 0.3) is 0 Å². The highest BCUT2D eigenvalue weighted by molar-refractivity contribution is 7.09. The molecule has 0 aliphatic carbocycles. The highest BCUT2D eigenvalue weighted by Gasteiger charge is 2.26. The number of carbonyl (C=O) groups is 1. The minimum atomic E-state index is -0.230. The number of thiophene rings is 1. The third-order valence-corrected chi connectivity index (χ3v) is 4.79. The van der Waals surface area contributed by atoms with Gasteiger partial charge in [-0.25, -0.2) is 0 Å². The van der Waals surface area contributed by atoms with Crippen LogP contribution in [0.5, 0.6) is 0 Å². The molecule has 5 heteroatoms. The number of likely N-dealkylation sites (tertiary alicyclic amines) is 1. The SMILES string of the molecule is C=CCN(Cc1cccs1)C(=O)CN1CCC(O)C(C)C1. The Labute approximate surface area is 130 Å². The summed E-state index contributed by atoms with van der Waals surface area (Å²) >= 11 is 1.67. The van der Waals surface area contributed by atoms with Gasteiger partial charge in [-0.2, -0.15) is 0 Å². The number of piperidine rings is 1. The minimum Gasteiger partial charge on any atom is -0.393 e. The standard InChI is InChI=1S/C16H24N2O2S/c1-3-7-18(11-14-5-4-9-21-14)16(20)12-17-8-6-15(19)13(2)10-17/h3-5,9,13,15,19H,1,6-8,10-12H2,2H3. The van der Waals surface area contributed by atoms with Gasteiger partial charge in [-0.1, -0.05) is 19.1 Å². The normalized spacial score (nSPS) is 23.0. The lowest BCUT2D eigenvalue weighted by molar-refractivity contribution is -0.133. The van der Waals surface area contributed by atoms with Crippen molar-refractivity contribution in [1.82, 2.24) is 9.80 Å². The number of aliphatic hydroxyl groups is 1. The van der Waals surface area contributed by atoms with Gasteiger partial charge in [0.2, 0.25) is 5.91 Å². The summed E-state index contributed by atoms with van der Waals surface area (Å²) in [4.78, 5) is 17.7. The average molecular weight is 308 g/mol. The first-order chi connectivity index (χ1) is 10.1. The number of amides is 1. The third kappa shape index (κ3) is 4.66. The zero-order valence-electron chi connectivity index (χ0n) is 12.6. The molecule has 0 spiro atoms. The van der Waals surface area contributed by atoms with E-state index in [-0.39, 0.29) is 17.9 Å². The summed E-state index contributed by atoms with van der Waals surface area (Å²) in [5.74, 6) is 0.364. The molecule has 116 valence electrons. The zero-order valence-corrected chi connectivity index (χ0v) is 13.4. The van der Waals surface area contributed by atoms with Crippen molar-refractivity contribution < 1.29 is 9.90 Å². The lowest BCUT2D eigenvalue weighted by Crippen LogP contribution is -2.47. The minimum absolute atomic E-state index is 0.131. The number of aliphatic hydroxyl groups excluding tert-OH is 1. The van der Waals surface area contributed by atoms with Gasteiger partial charge in [-0.3, -0.25) is 9.69 Å². The average Bonchev–Trinajstić information content (AvgIpc) is 2.95. The van der Waals surface area contributed by atoms with E-state index >= 15 is 0 Å². The Morgan fingerprint density at radius 2 is 2.48 bits per heavy atom. The molecule has 1 aromatic rings. The predicted octanol–water partition coefficient (Wildman–Crippen LogP) is 1.97. The summed E-state index contributed by atoms with van der Waals surface area (Å²) in [7, 11) is 0. The van der Waals surface area contributed by atoms with Crippen molar-refractivity contribution in [2.75, 3.05) is 26.2 Å². The van der Waals surface area contributed by atoms with Crippen LogP contribution in [0.1, 0.15) is 18.2 Å². The first kappa shape index (κ1) is 16.2. The molecule has 4 nitrogen and oxygen atoms in total. The Kier molecular flexibility index (Phi) is 5.96. The van der Waals surface area contributed by atoms with Crippen molar-refractivity contribution in [3.8, 4) is 0 Å².